The van der Waals surface area contributed by atoms with E-state index in [2.05, 4.69) is 21.1 Å². The van der Waals surface area contributed by atoms with Crippen molar-refractivity contribution < 1.29 is 33.5 Å². The van der Waals surface area contributed by atoms with Gasteiger partial charge in [0.05, 0.1) is 30.4 Å². The zero-order valence-electron chi connectivity index (χ0n) is 31.9. The number of carbonyl (C=O) groups excluding carboxylic acids is 5. The maximum Gasteiger partial charge on any atom is 0.289 e. The summed E-state index contributed by atoms with van der Waals surface area (Å²) >= 11 is 6.50. The summed E-state index contributed by atoms with van der Waals surface area (Å²) in [5.74, 6) is -1.42. The summed E-state index contributed by atoms with van der Waals surface area (Å²) < 4.78 is 5.38. The van der Waals surface area contributed by atoms with Crippen molar-refractivity contribution in [2.24, 2.45) is 22.4 Å². The lowest BCUT2D eigenvalue weighted by atomic mass is 9.85. The third-order valence-corrected chi connectivity index (χ3v) is 11.8. The van der Waals surface area contributed by atoms with Crippen LogP contribution in [0.2, 0.25) is 5.02 Å². The Labute approximate surface area is 317 Å². The van der Waals surface area contributed by atoms with Gasteiger partial charge >= 0.3 is 0 Å². The molecule has 2 heterocycles. The third kappa shape index (κ3) is 9.53. The number of rotatable bonds is 13. The lowest BCUT2D eigenvalue weighted by molar-refractivity contribution is -0.145. The van der Waals surface area contributed by atoms with E-state index >= 15 is 0 Å². The van der Waals surface area contributed by atoms with Crippen LogP contribution in [0.5, 0.6) is 5.75 Å². The number of methoxy groups -OCH3 is 1. The van der Waals surface area contributed by atoms with Gasteiger partial charge in [-0.1, -0.05) is 76.1 Å². The summed E-state index contributed by atoms with van der Waals surface area (Å²) in [4.78, 5) is 76.7. The van der Waals surface area contributed by atoms with E-state index in [4.69, 9.17) is 21.2 Å². The number of aryl methyl sites for hydroxylation is 1. The Balaban J connectivity index is 1.25. The highest BCUT2D eigenvalue weighted by atomic mass is 35.5. The summed E-state index contributed by atoms with van der Waals surface area (Å²) in [5.41, 5.74) is 0.545. The topological polar surface area (TPSA) is 156 Å². The minimum absolute atomic E-state index is 0.00318. The van der Waals surface area contributed by atoms with Crippen LogP contribution in [-0.4, -0.2) is 83.4 Å². The van der Waals surface area contributed by atoms with Gasteiger partial charge in [0.2, 0.25) is 23.5 Å². The second kappa shape index (κ2) is 16.0. The van der Waals surface area contributed by atoms with Crippen molar-refractivity contribution in [2.75, 3.05) is 13.7 Å². The summed E-state index contributed by atoms with van der Waals surface area (Å²) in [6.07, 6.45) is 11.2. The molecule has 1 spiro atoms. The van der Waals surface area contributed by atoms with Gasteiger partial charge in [0.15, 0.2) is 5.60 Å². The maximum absolute atomic E-state index is 14.8. The van der Waals surface area contributed by atoms with Crippen molar-refractivity contribution in [3.63, 3.8) is 0 Å². The van der Waals surface area contributed by atoms with Crippen LogP contribution in [0, 0.1) is 24.2 Å². The zero-order chi connectivity index (χ0) is 38.1. The number of oxime groups is 1. The van der Waals surface area contributed by atoms with Gasteiger partial charge in [0.25, 0.3) is 5.91 Å². The standard InChI is InChI=1S/C40H56ClN5O7/c1-23-16-32(52-5)28(41)19-27(23)30-20-40(53-45-30)21-31(36(49)43-29(17-25-12-13-25)34(48)37(50)42-26-14-15-26)46(22-40)38(51)35(39(2,3)4)44-33(47)18-24-10-8-6-7-9-11-24/h16,19,24-26,29,31,35H,6-15,17-18,20-22H2,1-5H3,(H,42,50)(H,43,49)(H,44,47)/t29-,31-,35+,40+/m0/s1. The molecule has 290 valence electrons. The molecule has 0 unspecified atom stereocenters. The Hall–Kier alpha value is -3.67. The fraction of sp³-hybridized carbons (Fsp3) is 0.700. The molecule has 4 atom stereocenters. The molecule has 3 aliphatic carbocycles. The van der Waals surface area contributed by atoms with Crippen molar-refractivity contribution in [3.05, 3.63) is 28.3 Å². The van der Waals surface area contributed by atoms with Crippen molar-refractivity contribution in [2.45, 2.75) is 147 Å². The quantitative estimate of drug-likeness (QED) is 0.186. The second-order valence-electron chi connectivity index (χ2n) is 17.3. The van der Waals surface area contributed by atoms with Gasteiger partial charge in [-0.2, -0.15) is 0 Å². The number of ether oxygens (including phenoxy) is 1. The van der Waals surface area contributed by atoms with E-state index < -0.39 is 52.6 Å². The molecule has 1 saturated heterocycles. The molecule has 12 nitrogen and oxygen atoms in total. The monoisotopic (exact) mass is 753 g/mol. The number of ketones is 1. The smallest absolute Gasteiger partial charge is 0.289 e. The molecule has 53 heavy (non-hydrogen) atoms. The summed E-state index contributed by atoms with van der Waals surface area (Å²) in [5, 5.41) is 13.6. The first-order valence-electron chi connectivity index (χ1n) is 19.5. The minimum Gasteiger partial charge on any atom is -0.495 e. The highest BCUT2D eigenvalue weighted by Crippen LogP contribution is 2.42. The predicted octanol–water partition coefficient (Wildman–Crippen LogP) is 5.15. The van der Waals surface area contributed by atoms with Crippen LogP contribution in [0.3, 0.4) is 0 Å². The summed E-state index contributed by atoms with van der Waals surface area (Å²) in [6.45, 7) is 7.65. The maximum atomic E-state index is 14.8. The average molecular weight is 754 g/mol. The average Bonchev–Trinajstić information content (AvgIpc) is 4.04. The molecule has 6 rings (SSSR count). The van der Waals surface area contributed by atoms with E-state index in [1.54, 1.807) is 13.2 Å². The predicted molar refractivity (Wildman–Crippen MR) is 200 cm³/mol. The normalized spacial score (nSPS) is 24.5. The van der Waals surface area contributed by atoms with Crippen LogP contribution in [-0.2, 0) is 28.8 Å². The molecular formula is C40H56ClN5O7. The van der Waals surface area contributed by atoms with Crippen LogP contribution in [0.25, 0.3) is 0 Å². The van der Waals surface area contributed by atoms with Crippen molar-refractivity contribution in [3.8, 4) is 5.75 Å². The summed E-state index contributed by atoms with van der Waals surface area (Å²) in [7, 11) is 1.55. The van der Waals surface area contributed by atoms with Crippen molar-refractivity contribution >= 4 is 46.7 Å². The molecule has 3 N–H and O–H groups in total. The Bertz CT molecular complexity index is 1630. The minimum atomic E-state index is -1.04. The number of hydrogen-bond donors (Lipinski definition) is 3. The molecule has 2 aliphatic heterocycles. The number of carbonyl (C=O) groups is 5. The molecule has 1 aromatic rings. The number of nitrogens with one attached hydrogen (secondary N) is 3. The number of hydrogen-bond acceptors (Lipinski definition) is 8. The van der Waals surface area contributed by atoms with E-state index in [9.17, 15) is 24.0 Å². The van der Waals surface area contributed by atoms with Crippen LogP contribution in [0.4, 0.5) is 0 Å². The second-order valence-corrected chi connectivity index (χ2v) is 17.7. The first kappa shape index (κ1) is 39.0. The molecule has 0 radical (unpaired) electrons. The van der Waals surface area contributed by atoms with Gasteiger partial charge in [-0.3, -0.25) is 24.0 Å². The lowest BCUT2D eigenvalue weighted by Gasteiger charge is -2.36. The van der Waals surface area contributed by atoms with Crippen LogP contribution < -0.4 is 20.7 Å². The van der Waals surface area contributed by atoms with Gasteiger partial charge in [0.1, 0.15) is 17.8 Å². The van der Waals surface area contributed by atoms with Gasteiger partial charge in [-0.15, -0.1) is 0 Å². The number of halogens is 1. The Kier molecular flexibility index (Phi) is 11.8. The van der Waals surface area contributed by atoms with E-state index in [0.29, 0.717) is 35.7 Å². The summed E-state index contributed by atoms with van der Waals surface area (Å²) in [6, 6.07) is 0.621. The number of amides is 4. The molecule has 5 aliphatic rings. The first-order chi connectivity index (χ1) is 25.2. The van der Waals surface area contributed by atoms with Crippen LogP contribution in [0.15, 0.2) is 17.3 Å². The van der Waals surface area contributed by atoms with Crippen molar-refractivity contribution in [1.82, 2.24) is 20.9 Å². The van der Waals surface area contributed by atoms with E-state index in [1.165, 1.54) is 17.7 Å². The highest BCUT2D eigenvalue weighted by Gasteiger charge is 2.56. The number of benzene rings is 1. The first-order valence-corrected chi connectivity index (χ1v) is 19.9. The van der Waals surface area contributed by atoms with Crippen LogP contribution in [0.1, 0.15) is 122 Å². The van der Waals surface area contributed by atoms with E-state index in [1.807, 2.05) is 33.8 Å². The van der Waals surface area contributed by atoms with Gasteiger partial charge in [-0.25, -0.2) is 0 Å². The number of likely N-dealkylation sites (tertiary alicyclic amines) is 1. The fourth-order valence-corrected chi connectivity index (χ4v) is 8.33. The number of nitrogens with zero attached hydrogens (tertiary/aromatic N) is 2. The SMILES string of the molecule is COc1cc(C)c(C2=NO[C@]3(C2)C[C@@H](C(=O)N[C@@H](CC2CC2)C(=O)C(=O)NC2CC2)N(C(=O)[C@@H](NC(=O)CC2CCCCCC2)C(C)(C)C)C3)cc1Cl. The Morgan fingerprint density at radius 3 is 2.32 bits per heavy atom. The molecule has 4 fully saturated rings. The molecule has 4 amide bonds. The Morgan fingerprint density at radius 1 is 1.00 bits per heavy atom. The van der Waals surface area contributed by atoms with Gasteiger partial charge < -0.3 is 30.4 Å². The number of Topliss-reactive ketones (excluding diaryl/α,β-unsaturated/α-hetero) is 1. The van der Waals surface area contributed by atoms with E-state index in [-0.39, 0.29) is 36.8 Å². The third-order valence-electron chi connectivity index (χ3n) is 11.5. The van der Waals surface area contributed by atoms with Gasteiger partial charge in [0, 0.05) is 30.9 Å². The lowest BCUT2D eigenvalue weighted by Crippen LogP contribution is -2.59. The molecule has 1 aromatic carbocycles. The van der Waals surface area contributed by atoms with E-state index in [0.717, 1.165) is 62.5 Å². The fourth-order valence-electron chi connectivity index (χ4n) is 8.09. The van der Waals surface area contributed by atoms with Crippen LogP contribution >= 0.6 is 11.6 Å². The molecule has 0 aromatic heterocycles. The van der Waals surface area contributed by atoms with Gasteiger partial charge in [-0.05, 0) is 74.0 Å². The highest BCUT2D eigenvalue weighted by molar-refractivity contribution is 6.38. The Morgan fingerprint density at radius 2 is 1.70 bits per heavy atom. The molecular weight excluding hydrogens is 698 g/mol. The molecule has 0 bridgehead atoms. The molecule has 3 saturated carbocycles. The molecule has 13 heteroatoms. The zero-order valence-corrected chi connectivity index (χ0v) is 32.6. The van der Waals surface area contributed by atoms with Crippen molar-refractivity contribution in [1.29, 1.82) is 0 Å². The largest absolute Gasteiger partial charge is 0.495 e.